The number of carbonyl (C=O) groups is 1. The molecule has 130 valence electrons. The van der Waals surface area contributed by atoms with Crippen LogP contribution in [0.2, 0.25) is 0 Å². The topological polar surface area (TPSA) is 61.0 Å². The summed E-state index contributed by atoms with van der Waals surface area (Å²) in [4.78, 5) is 14.5. The maximum atomic E-state index is 12.4. The number of amides is 1. The molecular formula is C19H22N4OS. The summed E-state index contributed by atoms with van der Waals surface area (Å²) in [5.41, 5.74) is 4.64. The average molecular weight is 354 g/mol. The van der Waals surface area contributed by atoms with Crippen LogP contribution in [0.4, 0.5) is 0 Å². The van der Waals surface area contributed by atoms with Gasteiger partial charge in [0.25, 0.3) is 5.91 Å². The molecule has 25 heavy (non-hydrogen) atoms. The molecule has 6 heteroatoms. The molecule has 1 atom stereocenters. The van der Waals surface area contributed by atoms with Crippen molar-refractivity contribution in [3.8, 4) is 11.3 Å². The minimum Gasteiger partial charge on any atom is -0.349 e. The highest BCUT2D eigenvalue weighted by molar-refractivity contribution is 7.07. The maximum absolute atomic E-state index is 12.4. The number of aromatic amines is 1. The second-order valence-electron chi connectivity index (χ2n) is 6.28. The third-order valence-electron chi connectivity index (χ3n) is 4.18. The van der Waals surface area contributed by atoms with Crippen molar-refractivity contribution in [3.05, 3.63) is 64.0 Å². The van der Waals surface area contributed by atoms with Gasteiger partial charge in [-0.3, -0.25) is 9.89 Å². The summed E-state index contributed by atoms with van der Waals surface area (Å²) >= 11 is 1.66. The summed E-state index contributed by atoms with van der Waals surface area (Å²) in [5.74, 6) is -0.145. The van der Waals surface area contributed by atoms with E-state index in [1.165, 1.54) is 11.1 Å². The van der Waals surface area contributed by atoms with Crippen LogP contribution in [0.5, 0.6) is 0 Å². The molecular weight excluding hydrogens is 332 g/mol. The number of carbonyl (C=O) groups excluding carboxylic acids is 1. The monoisotopic (exact) mass is 354 g/mol. The van der Waals surface area contributed by atoms with Gasteiger partial charge < -0.3 is 10.2 Å². The van der Waals surface area contributed by atoms with E-state index in [2.05, 4.69) is 37.2 Å². The van der Waals surface area contributed by atoms with Crippen molar-refractivity contribution in [2.75, 3.05) is 20.6 Å². The van der Waals surface area contributed by atoms with Crippen LogP contribution in [0, 0.1) is 6.92 Å². The SMILES string of the molecule is Cc1ccc(-c2cc(C(=O)NCC(c3ccsc3)N(C)C)[nH]n2)cc1. The molecule has 1 aromatic carbocycles. The third kappa shape index (κ3) is 4.15. The quantitative estimate of drug-likeness (QED) is 0.712. The molecule has 0 radical (unpaired) electrons. The number of hydrogen-bond acceptors (Lipinski definition) is 4. The van der Waals surface area contributed by atoms with Crippen LogP contribution in [0.15, 0.2) is 47.2 Å². The van der Waals surface area contributed by atoms with Gasteiger partial charge in [0.1, 0.15) is 5.69 Å². The van der Waals surface area contributed by atoms with Crippen LogP contribution in [0.25, 0.3) is 11.3 Å². The number of likely N-dealkylation sites (N-methyl/N-ethyl adjacent to an activating group) is 1. The molecule has 0 fully saturated rings. The van der Waals surface area contributed by atoms with Crippen molar-refractivity contribution >= 4 is 17.2 Å². The van der Waals surface area contributed by atoms with E-state index in [1.54, 1.807) is 17.4 Å². The second-order valence-corrected chi connectivity index (χ2v) is 7.06. The molecule has 1 unspecified atom stereocenters. The summed E-state index contributed by atoms with van der Waals surface area (Å²) in [6.45, 7) is 2.59. The van der Waals surface area contributed by atoms with Gasteiger partial charge in [0.2, 0.25) is 0 Å². The third-order valence-corrected chi connectivity index (χ3v) is 4.88. The maximum Gasteiger partial charge on any atom is 0.269 e. The Balaban J connectivity index is 1.66. The Bertz CT molecular complexity index is 821. The van der Waals surface area contributed by atoms with Crippen molar-refractivity contribution in [3.63, 3.8) is 0 Å². The highest BCUT2D eigenvalue weighted by Crippen LogP contribution is 2.21. The molecule has 5 nitrogen and oxygen atoms in total. The van der Waals surface area contributed by atoms with E-state index in [0.717, 1.165) is 11.3 Å². The van der Waals surface area contributed by atoms with Crippen molar-refractivity contribution < 1.29 is 4.79 Å². The number of thiophene rings is 1. The fourth-order valence-electron chi connectivity index (χ4n) is 2.66. The number of nitrogens with one attached hydrogen (secondary N) is 2. The first-order chi connectivity index (χ1) is 12.0. The van der Waals surface area contributed by atoms with Gasteiger partial charge in [-0.1, -0.05) is 29.8 Å². The van der Waals surface area contributed by atoms with Gasteiger partial charge in [0.15, 0.2) is 0 Å². The van der Waals surface area contributed by atoms with Gasteiger partial charge >= 0.3 is 0 Å². The molecule has 0 aliphatic heterocycles. The predicted molar refractivity (Wildman–Crippen MR) is 102 cm³/mol. The van der Waals surface area contributed by atoms with E-state index in [0.29, 0.717) is 12.2 Å². The highest BCUT2D eigenvalue weighted by atomic mass is 32.1. The van der Waals surface area contributed by atoms with Gasteiger partial charge in [-0.2, -0.15) is 16.4 Å². The number of aromatic nitrogens is 2. The molecule has 2 heterocycles. The summed E-state index contributed by atoms with van der Waals surface area (Å²) in [6.07, 6.45) is 0. The van der Waals surface area contributed by atoms with Crippen LogP contribution in [-0.2, 0) is 0 Å². The summed E-state index contributed by atoms with van der Waals surface area (Å²) < 4.78 is 0. The van der Waals surface area contributed by atoms with Gasteiger partial charge in [-0.05, 0) is 49.5 Å². The number of nitrogens with zero attached hydrogens (tertiary/aromatic N) is 2. The molecule has 2 N–H and O–H groups in total. The molecule has 3 aromatic rings. The summed E-state index contributed by atoms with van der Waals surface area (Å²) in [5, 5.41) is 14.2. The van der Waals surface area contributed by atoms with Gasteiger partial charge in [0.05, 0.1) is 11.7 Å². The van der Waals surface area contributed by atoms with Gasteiger partial charge in [0, 0.05) is 12.1 Å². The average Bonchev–Trinajstić information content (AvgIpc) is 3.27. The Morgan fingerprint density at radius 1 is 1.28 bits per heavy atom. The number of aryl methyl sites for hydroxylation is 1. The standard InChI is InChI=1S/C19H22N4OS/c1-13-4-6-14(7-5-13)16-10-17(22-21-16)19(24)20-11-18(23(2)3)15-8-9-25-12-15/h4-10,12,18H,11H2,1-3H3,(H,20,24)(H,21,22). The molecule has 0 saturated carbocycles. The number of hydrogen-bond donors (Lipinski definition) is 2. The lowest BCUT2D eigenvalue weighted by molar-refractivity contribution is 0.0937. The number of H-pyrrole nitrogens is 1. The predicted octanol–water partition coefficient (Wildman–Crippen LogP) is 3.48. The first-order valence-electron chi connectivity index (χ1n) is 8.14. The fraction of sp³-hybridized carbons (Fsp3) is 0.263. The summed E-state index contributed by atoms with van der Waals surface area (Å²) in [7, 11) is 4.03. The minimum absolute atomic E-state index is 0.145. The van der Waals surface area contributed by atoms with E-state index in [9.17, 15) is 4.79 Å². The molecule has 0 spiro atoms. The number of benzene rings is 1. The second kappa shape index (κ2) is 7.63. The zero-order chi connectivity index (χ0) is 17.8. The van der Waals surface area contributed by atoms with Crippen molar-refractivity contribution in [1.29, 1.82) is 0 Å². The number of rotatable bonds is 6. The van der Waals surface area contributed by atoms with Crippen molar-refractivity contribution in [1.82, 2.24) is 20.4 Å². The first kappa shape index (κ1) is 17.4. The van der Waals surface area contributed by atoms with E-state index in [-0.39, 0.29) is 11.9 Å². The zero-order valence-electron chi connectivity index (χ0n) is 14.6. The molecule has 2 aromatic heterocycles. The Kier molecular flexibility index (Phi) is 5.31. The van der Waals surface area contributed by atoms with E-state index < -0.39 is 0 Å². The minimum atomic E-state index is -0.145. The zero-order valence-corrected chi connectivity index (χ0v) is 15.4. The Labute approximate surface area is 151 Å². The largest absolute Gasteiger partial charge is 0.349 e. The van der Waals surface area contributed by atoms with Crippen molar-refractivity contribution in [2.24, 2.45) is 0 Å². The summed E-state index contributed by atoms with van der Waals surface area (Å²) in [6, 6.07) is 12.1. The molecule has 0 saturated heterocycles. The fourth-order valence-corrected chi connectivity index (χ4v) is 3.37. The lowest BCUT2D eigenvalue weighted by Gasteiger charge is -2.23. The Hall–Kier alpha value is -2.44. The normalized spacial score (nSPS) is 12.3. The first-order valence-corrected chi connectivity index (χ1v) is 9.08. The molecule has 0 aliphatic carbocycles. The molecule has 3 rings (SSSR count). The lowest BCUT2D eigenvalue weighted by Crippen LogP contribution is -2.34. The van der Waals surface area contributed by atoms with E-state index >= 15 is 0 Å². The van der Waals surface area contributed by atoms with E-state index in [1.807, 2.05) is 45.3 Å². The lowest BCUT2D eigenvalue weighted by atomic mass is 10.1. The smallest absolute Gasteiger partial charge is 0.269 e. The highest BCUT2D eigenvalue weighted by Gasteiger charge is 2.17. The Morgan fingerprint density at radius 2 is 2.04 bits per heavy atom. The van der Waals surface area contributed by atoms with Crippen LogP contribution in [0.1, 0.15) is 27.7 Å². The molecule has 1 amide bonds. The van der Waals surface area contributed by atoms with Crippen LogP contribution in [0.3, 0.4) is 0 Å². The molecule has 0 bridgehead atoms. The Morgan fingerprint density at radius 3 is 2.68 bits per heavy atom. The van der Waals surface area contributed by atoms with Crippen LogP contribution < -0.4 is 5.32 Å². The van der Waals surface area contributed by atoms with Crippen molar-refractivity contribution in [2.45, 2.75) is 13.0 Å². The van der Waals surface area contributed by atoms with Crippen LogP contribution in [-0.4, -0.2) is 41.6 Å². The van der Waals surface area contributed by atoms with Gasteiger partial charge in [-0.25, -0.2) is 0 Å². The van der Waals surface area contributed by atoms with E-state index in [4.69, 9.17) is 0 Å². The van der Waals surface area contributed by atoms with Gasteiger partial charge in [-0.15, -0.1) is 0 Å². The molecule has 0 aliphatic rings. The van der Waals surface area contributed by atoms with Crippen LogP contribution >= 0.6 is 11.3 Å².